The monoisotopic (exact) mass is 144 g/mol. The molecule has 1 heterocycles. The molecule has 0 radical (unpaired) electrons. The molecule has 0 aliphatic carbocycles. The average molecular weight is 144 g/mol. The van der Waals surface area contributed by atoms with Crippen molar-refractivity contribution in [3.63, 3.8) is 0 Å². The second kappa shape index (κ2) is 3.32. The standard InChI is InChI=1S/C7H16N2O/c1-2-9-4-3-6(10)5-7(9)8/h6-7,10H,2-5,8H2,1H3. The van der Waals surface area contributed by atoms with Crippen LogP contribution >= 0.6 is 0 Å². The topological polar surface area (TPSA) is 49.5 Å². The zero-order valence-corrected chi connectivity index (χ0v) is 6.45. The summed E-state index contributed by atoms with van der Waals surface area (Å²) in [4.78, 5) is 2.19. The summed E-state index contributed by atoms with van der Waals surface area (Å²) in [6.07, 6.45) is 1.52. The van der Waals surface area contributed by atoms with Crippen LogP contribution in [0.25, 0.3) is 0 Å². The molecule has 0 aromatic rings. The van der Waals surface area contributed by atoms with Gasteiger partial charge in [0.25, 0.3) is 0 Å². The Bertz CT molecular complexity index is 108. The minimum atomic E-state index is -0.169. The Balaban J connectivity index is 2.36. The van der Waals surface area contributed by atoms with Crippen molar-refractivity contribution in [2.24, 2.45) is 5.73 Å². The normalized spacial score (nSPS) is 36.3. The first-order valence-corrected chi connectivity index (χ1v) is 3.91. The zero-order valence-electron chi connectivity index (χ0n) is 6.45. The fraction of sp³-hybridized carbons (Fsp3) is 1.00. The number of hydrogen-bond donors (Lipinski definition) is 2. The lowest BCUT2D eigenvalue weighted by Gasteiger charge is -2.34. The minimum Gasteiger partial charge on any atom is -0.393 e. The number of nitrogens with two attached hydrogens (primary N) is 1. The molecule has 10 heavy (non-hydrogen) atoms. The van der Waals surface area contributed by atoms with Crippen LogP contribution < -0.4 is 5.73 Å². The molecule has 0 aromatic heterocycles. The van der Waals surface area contributed by atoms with E-state index in [1.807, 2.05) is 0 Å². The molecule has 0 bridgehead atoms. The first-order valence-electron chi connectivity index (χ1n) is 3.91. The van der Waals surface area contributed by atoms with Crippen molar-refractivity contribution in [1.82, 2.24) is 4.90 Å². The van der Waals surface area contributed by atoms with E-state index < -0.39 is 0 Å². The third-order valence-electron chi connectivity index (χ3n) is 2.14. The Labute approximate surface area is 61.8 Å². The van der Waals surface area contributed by atoms with Crippen LogP contribution in [-0.4, -0.2) is 35.4 Å². The van der Waals surface area contributed by atoms with Gasteiger partial charge in [-0.15, -0.1) is 0 Å². The van der Waals surface area contributed by atoms with Crippen LogP contribution in [0.2, 0.25) is 0 Å². The molecule has 1 aliphatic heterocycles. The van der Waals surface area contributed by atoms with Crippen molar-refractivity contribution in [1.29, 1.82) is 0 Å². The van der Waals surface area contributed by atoms with Crippen LogP contribution in [0, 0.1) is 0 Å². The lowest BCUT2D eigenvalue weighted by Crippen LogP contribution is -2.49. The van der Waals surface area contributed by atoms with Gasteiger partial charge in [-0.05, 0) is 13.0 Å². The van der Waals surface area contributed by atoms with Crippen LogP contribution in [0.5, 0.6) is 0 Å². The van der Waals surface area contributed by atoms with Gasteiger partial charge in [0.15, 0.2) is 0 Å². The molecular formula is C7H16N2O. The molecule has 3 heteroatoms. The summed E-state index contributed by atoms with van der Waals surface area (Å²) in [7, 11) is 0. The predicted octanol–water partition coefficient (Wildman–Crippen LogP) is -0.252. The maximum Gasteiger partial charge on any atom is 0.0596 e. The predicted molar refractivity (Wildman–Crippen MR) is 40.5 cm³/mol. The molecule has 0 aromatic carbocycles. The van der Waals surface area contributed by atoms with Gasteiger partial charge < -0.3 is 10.8 Å². The highest BCUT2D eigenvalue weighted by molar-refractivity contribution is 4.76. The summed E-state index contributed by atoms with van der Waals surface area (Å²) in [5, 5.41) is 9.19. The van der Waals surface area contributed by atoms with Gasteiger partial charge in [-0.3, -0.25) is 4.90 Å². The Morgan fingerprint density at radius 2 is 2.40 bits per heavy atom. The van der Waals surface area contributed by atoms with E-state index in [4.69, 9.17) is 5.73 Å². The van der Waals surface area contributed by atoms with Crippen molar-refractivity contribution < 1.29 is 5.11 Å². The minimum absolute atomic E-state index is 0.0775. The summed E-state index contributed by atoms with van der Waals surface area (Å²) in [5.41, 5.74) is 5.75. The molecule has 0 spiro atoms. The summed E-state index contributed by atoms with van der Waals surface area (Å²) in [6, 6.07) is 0. The summed E-state index contributed by atoms with van der Waals surface area (Å²) < 4.78 is 0. The maximum absolute atomic E-state index is 9.19. The van der Waals surface area contributed by atoms with E-state index in [0.717, 1.165) is 25.9 Å². The summed E-state index contributed by atoms with van der Waals surface area (Å²) in [5.74, 6) is 0. The van der Waals surface area contributed by atoms with Crippen molar-refractivity contribution >= 4 is 0 Å². The highest BCUT2D eigenvalue weighted by Crippen LogP contribution is 2.12. The van der Waals surface area contributed by atoms with E-state index in [9.17, 15) is 5.11 Å². The number of likely N-dealkylation sites (tertiary alicyclic amines) is 1. The molecule has 1 aliphatic rings. The highest BCUT2D eigenvalue weighted by Gasteiger charge is 2.22. The van der Waals surface area contributed by atoms with Gasteiger partial charge in [0.2, 0.25) is 0 Å². The molecule has 2 unspecified atom stereocenters. The Morgan fingerprint density at radius 3 is 2.90 bits per heavy atom. The van der Waals surface area contributed by atoms with Gasteiger partial charge in [0.1, 0.15) is 0 Å². The van der Waals surface area contributed by atoms with Crippen molar-refractivity contribution in [2.45, 2.75) is 32.0 Å². The third-order valence-corrected chi connectivity index (χ3v) is 2.14. The molecule has 3 N–H and O–H groups in total. The molecule has 1 fully saturated rings. The quantitative estimate of drug-likeness (QED) is 0.533. The molecule has 1 rings (SSSR count). The van der Waals surface area contributed by atoms with Crippen LogP contribution in [0.1, 0.15) is 19.8 Å². The van der Waals surface area contributed by atoms with Crippen molar-refractivity contribution in [3.05, 3.63) is 0 Å². The van der Waals surface area contributed by atoms with Crippen LogP contribution in [-0.2, 0) is 0 Å². The molecule has 0 saturated carbocycles. The smallest absolute Gasteiger partial charge is 0.0596 e. The van der Waals surface area contributed by atoms with Crippen LogP contribution in [0.3, 0.4) is 0 Å². The van der Waals surface area contributed by atoms with E-state index >= 15 is 0 Å². The zero-order chi connectivity index (χ0) is 7.56. The Hall–Kier alpha value is -0.120. The van der Waals surface area contributed by atoms with E-state index in [2.05, 4.69) is 11.8 Å². The number of nitrogens with zero attached hydrogens (tertiary/aromatic N) is 1. The number of piperidine rings is 1. The molecule has 60 valence electrons. The summed E-state index contributed by atoms with van der Waals surface area (Å²) >= 11 is 0. The third kappa shape index (κ3) is 1.68. The van der Waals surface area contributed by atoms with Crippen LogP contribution in [0.15, 0.2) is 0 Å². The van der Waals surface area contributed by atoms with Gasteiger partial charge in [-0.25, -0.2) is 0 Å². The first kappa shape index (κ1) is 7.98. The lowest BCUT2D eigenvalue weighted by atomic mass is 10.1. The van der Waals surface area contributed by atoms with Gasteiger partial charge in [-0.2, -0.15) is 0 Å². The second-order valence-electron chi connectivity index (χ2n) is 2.87. The van der Waals surface area contributed by atoms with Gasteiger partial charge >= 0.3 is 0 Å². The number of hydrogen-bond acceptors (Lipinski definition) is 3. The average Bonchev–Trinajstić information content (AvgIpc) is 1.88. The lowest BCUT2D eigenvalue weighted by molar-refractivity contribution is 0.0469. The van der Waals surface area contributed by atoms with Gasteiger partial charge in [0, 0.05) is 13.0 Å². The molecule has 2 atom stereocenters. The van der Waals surface area contributed by atoms with E-state index in [1.165, 1.54) is 0 Å². The molecule has 0 amide bonds. The van der Waals surface area contributed by atoms with Crippen molar-refractivity contribution in [3.8, 4) is 0 Å². The second-order valence-corrected chi connectivity index (χ2v) is 2.87. The van der Waals surface area contributed by atoms with Gasteiger partial charge in [0.05, 0.1) is 12.3 Å². The van der Waals surface area contributed by atoms with Crippen LogP contribution in [0.4, 0.5) is 0 Å². The Kier molecular flexibility index (Phi) is 2.65. The molecular weight excluding hydrogens is 128 g/mol. The summed E-state index contributed by atoms with van der Waals surface area (Å²) in [6.45, 7) is 4.03. The number of aliphatic hydroxyl groups excluding tert-OH is 1. The largest absolute Gasteiger partial charge is 0.393 e. The number of aliphatic hydroxyl groups is 1. The van der Waals surface area contributed by atoms with Crippen molar-refractivity contribution in [2.75, 3.05) is 13.1 Å². The van der Waals surface area contributed by atoms with Gasteiger partial charge in [-0.1, -0.05) is 6.92 Å². The number of rotatable bonds is 1. The van der Waals surface area contributed by atoms with E-state index in [-0.39, 0.29) is 12.3 Å². The SMILES string of the molecule is CCN1CCC(O)CC1N. The fourth-order valence-corrected chi connectivity index (χ4v) is 1.42. The van der Waals surface area contributed by atoms with E-state index in [1.54, 1.807) is 0 Å². The fourth-order valence-electron chi connectivity index (χ4n) is 1.42. The first-order chi connectivity index (χ1) is 4.74. The molecule has 3 nitrogen and oxygen atoms in total. The molecule has 1 saturated heterocycles. The maximum atomic E-state index is 9.19. The van der Waals surface area contributed by atoms with E-state index in [0.29, 0.717) is 0 Å². The Morgan fingerprint density at radius 1 is 1.70 bits per heavy atom. The highest BCUT2D eigenvalue weighted by atomic mass is 16.3.